The minimum Gasteiger partial charge on any atom is -0.462 e. The number of aliphatic hydroxyl groups excluding tert-OH is 1. The Morgan fingerprint density at radius 3 is 0.810 bits per heavy atom. The summed E-state index contributed by atoms with van der Waals surface area (Å²) in [4.78, 5) is 72.2. The normalized spacial score (nSPS) is 14.2. The van der Waals surface area contributed by atoms with Gasteiger partial charge >= 0.3 is 39.5 Å². The van der Waals surface area contributed by atoms with E-state index in [1.165, 1.54) is 154 Å². The third-order valence-electron chi connectivity index (χ3n) is 15.0. The van der Waals surface area contributed by atoms with Crippen molar-refractivity contribution in [3.05, 3.63) is 0 Å². The van der Waals surface area contributed by atoms with Crippen molar-refractivity contribution >= 4 is 39.5 Å². The molecule has 0 bridgehead atoms. The molecule has 2 unspecified atom stereocenters. The Kier molecular flexibility index (Phi) is 57.4. The smallest absolute Gasteiger partial charge is 0.462 e. The van der Waals surface area contributed by atoms with E-state index in [2.05, 4.69) is 34.6 Å². The first-order chi connectivity index (χ1) is 40.5. The molecule has 498 valence electrons. The summed E-state index contributed by atoms with van der Waals surface area (Å²) in [7, 11) is -9.88. The van der Waals surface area contributed by atoms with Gasteiger partial charge in [-0.2, -0.15) is 0 Å². The fourth-order valence-corrected chi connectivity index (χ4v) is 11.3. The van der Waals surface area contributed by atoms with Gasteiger partial charge in [0.15, 0.2) is 12.2 Å². The zero-order chi connectivity index (χ0) is 62.0. The second-order valence-corrected chi connectivity index (χ2v) is 26.9. The van der Waals surface area contributed by atoms with E-state index in [1.807, 2.05) is 0 Å². The van der Waals surface area contributed by atoms with Crippen LogP contribution in [0.2, 0.25) is 0 Å². The van der Waals surface area contributed by atoms with E-state index >= 15 is 0 Å². The van der Waals surface area contributed by atoms with Crippen LogP contribution in [-0.4, -0.2) is 96.7 Å². The molecule has 0 amide bonds. The maximum atomic E-state index is 13.0. The fraction of sp³-hybridized carbons (Fsp3) is 0.938. The molecule has 0 saturated carbocycles. The van der Waals surface area contributed by atoms with Crippen molar-refractivity contribution in [2.75, 3.05) is 39.6 Å². The molecule has 0 fully saturated rings. The quantitative estimate of drug-likeness (QED) is 0.0222. The van der Waals surface area contributed by atoms with Crippen LogP contribution in [-0.2, 0) is 65.4 Å². The first kappa shape index (κ1) is 82.1. The molecule has 0 heterocycles. The molecule has 3 N–H and O–H groups in total. The number of carbonyl (C=O) groups excluding carboxylic acids is 4. The molecule has 0 aromatic rings. The molecule has 0 aliphatic carbocycles. The number of phosphoric ester groups is 2. The van der Waals surface area contributed by atoms with Gasteiger partial charge in [0.25, 0.3) is 0 Å². The minimum absolute atomic E-state index is 0.102. The average Bonchev–Trinajstić information content (AvgIpc) is 3.61. The molecule has 0 radical (unpaired) electrons. The lowest BCUT2D eigenvalue weighted by Gasteiger charge is -2.21. The Balaban J connectivity index is 5.22. The van der Waals surface area contributed by atoms with E-state index in [1.54, 1.807) is 0 Å². The van der Waals surface area contributed by atoms with Crippen molar-refractivity contribution in [3.8, 4) is 0 Å². The number of aliphatic hydroxyl groups is 1. The van der Waals surface area contributed by atoms with Gasteiger partial charge in [0.2, 0.25) is 0 Å². The van der Waals surface area contributed by atoms with Crippen LogP contribution in [0.15, 0.2) is 0 Å². The number of phosphoric acid groups is 2. The molecule has 19 heteroatoms. The predicted molar refractivity (Wildman–Crippen MR) is 335 cm³/mol. The Labute approximate surface area is 511 Å². The molecule has 0 rings (SSSR count). The van der Waals surface area contributed by atoms with Crippen LogP contribution in [0.5, 0.6) is 0 Å². The topological polar surface area (TPSA) is 237 Å². The summed E-state index contributed by atoms with van der Waals surface area (Å²) in [6, 6.07) is 0. The molecular weight excluding hydrogens is 1110 g/mol. The van der Waals surface area contributed by atoms with Crippen LogP contribution >= 0.6 is 15.6 Å². The molecule has 0 spiro atoms. The summed E-state index contributed by atoms with van der Waals surface area (Å²) in [5.74, 6) is -1.46. The number of rotatable bonds is 65. The average molecular weight is 1240 g/mol. The van der Waals surface area contributed by atoms with Crippen LogP contribution in [0.1, 0.15) is 330 Å². The van der Waals surface area contributed by atoms with Crippen LogP contribution in [0.25, 0.3) is 0 Å². The lowest BCUT2D eigenvalue weighted by atomic mass is 10.0. The van der Waals surface area contributed by atoms with Crippen molar-refractivity contribution in [3.63, 3.8) is 0 Å². The molecule has 84 heavy (non-hydrogen) atoms. The second-order valence-electron chi connectivity index (χ2n) is 24.0. The molecular formula is C65H126O17P2. The van der Waals surface area contributed by atoms with E-state index < -0.39 is 97.5 Å². The van der Waals surface area contributed by atoms with Gasteiger partial charge in [-0.25, -0.2) is 9.13 Å². The van der Waals surface area contributed by atoms with Crippen LogP contribution in [0, 0.1) is 5.92 Å². The first-order valence-corrected chi connectivity index (χ1v) is 37.1. The minimum atomic E-state index is -4.94. The number of unbranched alkanes of at least 4 members (excludes halogenated alkanes) is 37. The van der Waals surface area contributed by atoms with Gasteiger partial charge in [-0.3, -0.25) is 37.3 Å². The molecule has 0 saturated heterocycles. The largest absolute Gasteiger partial charge is 0.472 e. The summed E-state index contributed by atoms with van der Waals surface area (Å²) in [5, 5.41) is 10.5. The van der Waals surface area contributed by atoms with E-state index in [4.69, 9.17) is 37.0 Å². The van der Waals surface area contributed by atoms with Gasteiger partial charge < -0.3 is 33.8 Å². The molecule has 0 aromatic heterocycles. The van der Waals surface area contributed by atoms with Crippen LogP contribution in [0.4, 0.5) is 0 Å². The van der Waals surface area contributed by atoms with Crippen molar-refractivity contribution in [1.29, 1.82) is 0 Å². The van der Waals surface area contributed by atoms with Gasteiger partial charge in [-0.1, -0.05) is 279 Å². The fourth-order valence-electron chi connectivity index (χ4n) is 9.76. The maximum absolute atomic E-state index is 13.0. The highest BCUT2D eigenvalue weighted by molar-refractivity contribution is 7.47. The summed E-state index contributed by atoms with van der Waals surface area (Å²) in [5.41, 5.74) is 0. The van der Waals surface area contributed by atoms with E-state index in [9.17, 15) is 43.2 Å². The standard InChI is InChI=1S/C65H126O17P2/c1-6-9-12-15-18-21-23-25-26-28-31-34-40-45-50-64(69)81-60(54-76-63(68)49-44-39-33-30-27-24-22-19-16-13-10-7-2)56-79-83(71,72)77-52-59(66)53-78-84(73,74)80-57-61(82-65(70)51-46-41-36-35-37-42-47-58(4)5)55-75-62(67)48-43-38-32-29-20-17-14-11-8-3/h58-61,66H,6-57H2,1-5H3,(H,71,72)(H,73,74)/t59-,60-,61-/m1/s1. The highest BCUT2D eigenvalue weighted by atomic mass is 31.2. The van der Waals surface area contributed by atoms with Gasteiger partial charge in [-0.15, -0.1) is 0 Å². The van der Waals surface area contributed by atoms with Gasteiger partial charge in [0.05, 0.1) is 26.4 Å². The van der Waals surface area contributed by atoms with E-state index in [-0.39, 0.29) is 25.7 Å². The SMILES string of the molecule is CCCCCCCCCCCCCCCCC(=O)O[C@H](COC(=O)CCCCCCCCCCCCCC)COP(=O)(O)OC[C@@H](O)COP(=O)(O)OC[C@@H](COC(=O)CCCCCCCCCCC)OC(=O)CCCCCCCCC(C)C. The van der Waals surface area contributed by atoms with Crippen molar-refractivity contribution < 1.29 is 80.2 Å². The number of carbonyl (C=O) groups is 4. The number of esters is 4. The summed E-state index contributed by atoms with van der Waals surface area (Å²) in [6.07, 6.45) is 43.1. The van der Waals surface area contributed by atoms with Crippen molar-refractivity contribution in [2.24, 2.45) is 5.92 Å². The second kappa shape index (κ2) is 58.7. The highest BCUT2D eigenvalue weighted by Gasteiger charge is 2.30. The maximum Gasteiger partial charge on any atom is 0.472 e. The van der Waals surface area contributed by atoms with E-state index in [0.29, 0.717) is 31.6 Å². The molecule has 0 aromatic carbocycles. The number of hydrogen-bond acceptors (Lipinski definition) is 15. The summed E-state index contributed by atoms with van der Waals surface area (Å²) in [6.45, 7) is 7.10. The lowest BCUT2D eigenvalue weighted by molar-refractivity contribution is -0.161. The number of ether oxygens (including phenoxy) is 4. The monoisotopic (exact) mass is 1240 g/mol. The van der Waals surface area contributed by atoms with Crippen LogP contribution < -0.4 is 0 Å². The van der Waals surface area contributed by atoms with Crippen LogP contribution in [0.3, 0.4) is 0 Å². The van der Waals surface area contributed by atoms with Gasteiger partial charge in [0, 0.05) is 25.7 Å². The molecule has 17 nitrogen and oxygen atoms in total. The lowest BCUT2D eigenvalue weighted by Crippen LogP contribution is -2.30. The van der Waals surface area contributed by atoms with Gasteiger partial charge in [-0.05, 0) is 31.6 Å². The van der Waals surface area contributed by atoms with E-state index in [0.717, 1.165) is 89.9 Å². The molecule has 5 atom stereocenters. The summed E-state index contributed by atoms with van der Waals surface area (Å²) < 4.78 is 68.0. The predicted octanol–water partition coefficient (Wildman–Crippen LogP) is 18.2. The Bertz CT molecular complexity index is 1640. The molecule has 0 aliphatic rings. The zero-order valence-electron chi connectivity index (χ0n) is 54.0. The highest BCUT2D eigenvalue weighted by Crippen LogP contribution is 2.45. The Hall–Kier alpha value is -1.94. The van der Waals surface area contributed by atoms with Crippen molar-refractivity contribution in [1.82, 2.24) is 0 Å². The Morgan fingerprint density at radius 2 is 0.548 bits per heavy atom. The first-order valence-electron chi connectivity index (χ1n) is 34.1. The summed E-state index contributed by atoms with van der Waals surface area (Å²) >= 11 is 0. The zero-order valence-corrected chi connectivity index (χ0v) is 55.8. The van der Waals surface area contributed by atoms with Crippen molar-refractivity contribution in [2.45, 2.75) is 348 Å². The third-order valence-corrected chi connectivity index (χ3v) is 16.9. The Morgan fingerprint density at radius 1 is 0.321 bits per heavy atom. The van der Waals surface area contributed by atoms with Gasteiger partial charge in [0.1, 0.15) is 19.3 Å². The molecule has 0 aliphatic heterocycles. The number of hydrogen-bond donors (Lipinski definition) is 3. The third kappa shape index (κ3) is 59.0.